The molecule has 0 aromatic heterocycles. The summed E-state index contributed by atoms with van der Waals surface area (Å²) in [6.45, 7) is 2.91. The van der Waals surface area contributed by atoms with Crippen molar-refractivity contribution in [2.24, 2.45) is 5.92 Å². The molecule has 0 aromatic carbocycles. The maximum Gasteiger partial charge on any atom is 0.436 e. The van der Waals surface area contributed by atoms with E-state index in [0.717, 1.165) is 32.1 Å². The third-order valence-electron chi connectivity index (χ3n) is 5.01. The van der Waals surface area contributed by atoms with Gasteiger partial charge in [-0.25, -0.2) is 14.4 Å². The van der Waals surface area contributed by atoms with E-state index in [1.165, 1.54) is 11.5 Å². The Morgan fingerprint density at radius 2 is 2.04 bits per heavy atom. The molecule has 0 aromatic rings. The average Bonchev–Trinajstić information content (AvgIpc) is 2.54. The van der Waals surface area contributed by atoms with Crippen molar-refractivity contribution in [3.63, 3.8) is 0 Å². The number of piperidine rings is 1. The first-order valence-electron chi connectivity index (χ1n) is 8.62. The highest BCUT2D eigenvalue weighted by molar-refractivity contribution is 6.29. The van der Waals surface area contributed by atoms with Crippen LogP contribution in [-0.2, 0) is 23.9 Å². The lowest BCUT2D eigenvalue weighted by Crippen LogP contribution is -2.53. The van der Waals surface area contributed by atoms with Crippen LogP contribution in [0.2, 0.25) is 0 Å². The fourth-order valence-corrected chi connectivity index (χ4v) is 3.58. The van der Waals surface area contributed by atoms with E-state index in [4.69, 9.17) is 14.3 Å². The SMILES string of the molecule is CC1(OC(=O)NCC2CCN3OC(=O)C(=O)OC3C2)CCCCC1. The van der Waals surface area contributed by atoms with Gasteiger partial charge in [0.2, 0.25) is 0 Å². The highest BCUT2D eigenvalue weighted by Gasteiger charge is 2.41. The van der Waals surface area contributed by atoms with Gasteiger partial charge in [-0.15, -0.1) is 0 Å². The Kier molecular flexibility index (Phi) is 4.93. The smallest absolute Gasteiger partial charge is 0.436 e. The molecule has 8 heteroatoms. The van der Waals surface area contributed by atoms with Crippen molar-refractivity contribution in [3.8, 4) is 0 Å². The van der Waals surface area contributed by atoms with Crippen LogP contribution in [0.25, 0.3) is 0 Å². The minimum absolute atomic E-state index is 0.141. The van der Waals surface area contributed by atoms with Crippen LogP contribution in [0.15, 0.2) is 0 Å². The second kappa shape index (κ2) is 6.96. The molecule has 2 saturated heterocycles. The van der Waals surface area contributed by atoms with Crippen molar-refractivity contribution in [1.29, 1.82) is 0 Å². The van der Waals surface area contributed by atoms with E-state index in [1.54, 1.807) is 0 Å². The summed E-state index contributed by atoms with van der Waals surface area (Å²) in [6.07, 6.45) is 5.47. The number of alkyl carbamates (subject to hydrolysis) is 1. The van der Waals surface area contributed by atoms with Crippen LogP contribution >= 0.6 is 0 Å². The summed E-state index contributed by atoms with van der Waals surface area (Å²) in [5.41, 5.74) is -0.362. The molecule has 3 fully saturated rings. The highest BCUT2D eigenvalue weighted by Crippen LogP contribution is 2.31. The van der Waals surface area contributed by atoms with Gasteiger partial charge in [-0.1, -0.05) is 11.5 Å². The molecule has 1 aliphatic carbocycles. The topological polar surface area (TPSA) is 94.2 Å². The number of carbonyl (C=O) groups excluding carboxylic acids is 3. The molecule has 2 heterocycles. The van der Waals surface area contributed by atoms with Crippen LogP contribution in [0.4, 0.5) is 4.79 Å². The van der Waals surface area contributed by atoms with Crippen molar-refractivity contribution >= 4 is 18.0 Å². The van der Waals surface area contributed by atoms with Gasteiger partial charge >= 0.3 is 18.0 Å². The van der Waals surface area contributed by atoms with Crippen LogP contribution in [0, 0.1) is 5.92 Å². The van der Waals surface area contributed by atoms with Crippen LogP contribution in [0.3, 0.4) is 0 Å². The quantitative estimate of drug-likeness (QED) is 0.614. The molecule has 0 bridgehead atoms. The number of hydrogen-bond donors (Lipinski definition) is 1. The summed E-state index contributed by atoms with van der Waals surface area (Å²) in [6, 6.07) is 0. The maximum absolute atomic E-state index is 12.0. The van der Waals surface area contributed by atoms with Gasteiger partial charge in [-0.05, 0) is 44.9 Å². The zero-order valence-electron chi connectivity index (χ0n) is 13.9. The number of fused-ring (bicyclic) bond motifs is 1. The molecular formula is C16H24N2O6. The zero-order chi connectivity index (χ0) is 17.2. The number of esters is 1. The number of hydroxylamine groups is 2. The standard InChI is InChI=1S/C16H24N2O6/c1-16(6-3-2-4-7-16)23-15(21)17-10-11-5-8-18-12(9-11)22-13(19)14(20)24-18/h11-12H,2-10H2,1H3,(H,17,21). The first kappa shape index (κ1) is 17.0. The normalized spacial score (nSPS) is 29.9. The number of nitrogens with one attached hydrogen (secondary N) is 1. The van der Waals surface area contributed by atoms with E-state index in [2.05, 4.69) is 5.32 Å². The predicted molar refractivity (Wildman–Crippen MR) is 81.4 cm³/mol. The number of amides is 1. The van der Waals surface area contributed by atoms with E-state index >= 15 is 0 Å². The lowest BCUT2D eigenvalue weighted by atomic mass is 9.86. The van der Waals surface area contributed by atoms with Crippen molar-refractivity contribution in [1.82, 2.24) is 10.4 Å². The van der Waals surface area contributed by atoms with Gasteiger partial charge in [0, 0.05) is 19.5 Å². The van der Waals surface area contributed by atoms with Crippen LogP contribution < -0.4 is 5.32 Å². The van der Waals surface area contributed by atoms with E-state index in [1.807, 2.05) is 6.92 Å². The van der Waals surface area contributed by atoms with Crippen LogP contribution in [-0.4, -0.2) is 48.0 Å². The fraction of sp³-hybridized carbons (Fsp3) is 0.812. The average molecular weight is 340 g/mol. The van der Waals surface area contributed by atoms with Crippen molar-refractivity contribution < 1.29 is 28.7 Å². The van der Waals surface area contributed by atoms with Gasteiger partial charge in [0.1, 0.15) is 5.60 Å². The molecular weight excluding hydrogens is 316 g/mol. The molecule has 1 saturated carbocycles. The monoisotopic (exact) mass is 340 g/mol. The van der Waals surface area contributed by atoms with Crippen molar-refractivity contribution in [2.75, 3.05) is 13.1 Å². The van der Waals surface area contributed by atoms with Gasteiger partial charge in [-0.3, -0.25) is 0 Å². The summed E-state index contributed by atoms with van der Waals surface area (Å²) in [5, 5.41) is 4.20. The molecule has 24 heavy (non-hydrogen) atoms. The lowest BCUT2D eigenvalue weighted by molar-refractivity contribution is -0.277. The summed E-state index contributed by atoms with van der Waals surface area (Å²) >= 11 is 0. The van der Waals surface area contributed by atoms with Crippen LogP contribution in [0.1, 0.15) is 51.9 Å². The Morgan fingerprint density at radius 3 is 2.79 bits per heavy atom. The van der Waals surface area contributed by atoms with Gasteiger partial charge in [0.05, 0.1) is 0 Å². The van der Waals surface area contributed by atoms with E-state index in [0.29, 0.717) is 19.5 Å². The number of carbonyl (C=O) groups is 3. The molecule has 3 rings (SSSR count). The minimum Gasteiger partial charge on any atom is -0.443 e. The molecule has 134 valence electrons. The second-order valence-corrected chi connectivity index (χ2v) is 7.05. The highest BCUT2D eigenvalue weighted by atomic mass is 16.8. The molecule has 0 spiro atoms. The summed E-state index contributed by atoms with van der Waals surface area (Å²) in [5.74, 6) is -1.80. The molecule has 2 unspecified atom stereocenters. The molecule has 3 aliphatic rings. The Balaban J connectivity index is 1.43. The number of hydrogen-bond acceptors (Lipinski definition) is 7. The molecule has 2 aliphatic heterocycles. The Morgan fingerprint density at radius 1 is 1.29 bits per heavy atom. The van der Waals surface area contributed by atoms with Gasteiger partial charge in [0.25, 0.3) is 0 Å². The van der Waals surface area contributed by atoms with Crippen molar-refractivity contribution in [3.05, 3.63) is 0 Å². The molecule has 1 amide bonds. The fourth-order valence-electron chi connectivity index (χ4n) is 3.58. The Hall–Kier alpha value is -1.83. The second-order valence-electron chi connectivity index (χ2n) is 7.05. The van der Waals surface area contributed by atoms with E-state index < -0.39 is 24.3 Å². The number of rotatable bonds is 3. The van der Waals surface area contributed by atoms with E-state index in [-0.39, 0.29) is 11.5 Å². The first-order valence-corrected chi connectivity index (χ1v) is 8.62. The molecule has 2 atom stereocenters. The maximum atomic E-state index is 12.0. The van der Waals surface area contributed by atoms with Gasteiger partial charge < -0.3 is 19.6 Å². The lowest BCUT2D eigenvalue weighted by Gasteiger charge is -2.39. The van der Waals surface area contributed by atoms with E-state index in [9.17, 15) is 14.4 Å². The number of nitrogens with zero attached hydrogens (tertiary/aromatic N) is 1. The summed E-state index contributed by atoms with van der Waals surface area (Å²) in [7, 11) is 0. The third kappa shape index (κ3) is 3.98. The largest absolute Gasteiger partial charge is 0.443 e. The Bertz CT molecular complexity index is 517. The molecule has 8 nitrogen and oxygen atoms in total. The summed E-state index contributed by atoms with van der Waals surface area (Å²) in [4.78, 5) is 39.4. The Labute approximate surface area is 140 Å². The minimum atomic E-state index is -0.980. The number of ether oxygens (including phenoxy) is 2. The van der Waals surface area contributed by atoms with Crippen molar-refractivity contribution in [2.45, 2.75) is 63.7 Å². The summed E-state index contributed by atoms with van der Waals surface area (Å²) < 4.78 is 10.6. The molecule has 0 radical (unpaired) electrons. The third-order valence-corrected chi connectivity index (χ3v) is 5.01. The van der Waals surface area contributed by atoms with Crippen LogP contribution in [0.5, 0.6) is 0 Å². The van der Waals surface area contributed by atoms with Gasteiger partial charge in [0.15, 0.2) is 6.23 Å². The first-order chi connectivity index (χ1) is 11.5. The zero-order valence-corrected chi connectivity index (χ0v) is 13.9. The van der Waals surface area contributed by atoms with Gasteiger partial charge in [-0.2, -0.15) is 0 Å². The predicted octanol–water partition coefficient (Wildman–Crippen LogP) is 1.49. The molecule has 1 N–H and O–H groups in total.